The molecule has 0 atom stereocenters. The molecule has 0 saturated heterocycles. The third kappa shape index (κ3) is 19.0. The zero-order chi connectivity index (χ0) is 24.6. The van der Waals surface area contributed by atoms with Crippen molar-refractivity contribution in [2.24, 2.45) is 0 Å². The zero-order valence-electron chi connectivity index (χ0n) is 24.1. The molecule has 4 heteroatoms. The van der Waals surface area contributed by atoms with Crippen molar-refractivity contribution in [3.63, 3.8) is 0 Å². The van der Waals surface area contributed by atoms with Gasteiger partial charge in [-0.05, 0) is 65.7 Å². The number of allylic oxidation sites excluding steroid dienone is 2. The summed E-state index contributed by atoms with van der Waals surface area (Å²) in [5.74, 6) is 0.820. The Bertz CT molecular complexity index is 392. The number of hydrogen-bond acceptors (Lipinski definition) is 2. The summed E-state index contributed by atoms with van der Waals surface area (Å²) in [5, 5.41) is 1.70. The summed E-state index contributed by atoms with van der Waals surface area (Å²) in [6.45, 7) is 19.3. The Kier molecular flexibility index (Phi) is 25.3. The van der Waals surface area contributed by atoms with Crippen LogP contribution in [0, 0.1) is 0 Å². The average Bonchev–Trinajstić information content (AvgIpc) is 2.83. The van der Waals surface area contributed by atoms with Crippen molar-refractivity contribution < 1.29 is 0 Å². The summed E-state index contributed by atoms with van der Waals surface area (Å²) in [6.07, 6.45) is 22.1. The van der Waals surface area contributed by atoms with Crippen molar-refractivity contribution in [2.45, 2.75) is 149 Å². The number of rotatable bonds is 25. The summed E-state index contributed by atoms with van der Waals surface area (Å²) >= 11 is 0. The van der Waals surface area contributed by atoms with E-state index < -0.39 is 0 Å². The van der Waals surface area contributed by atoms with Crippen LogP contribution in [0.5, 0.6) is 0 Å². The standard InChI is InChI=1S/C29H64N2Si2/c1-7-12-22-30(23-13-8-2)29(31(24-14-9-3)25-15-10-4)33-27-21-19-17-16-18-20-26-32-28(6)11-5/h11,29H,7-10,12-27,32-33H2,1-6H3. The van der Waals surface area contributed by atoms with Crippen LogP contribution in [0.25, 0.3) is 0 Å². The highest BCUT2D eigenvalue weighted by atomic mass is 28.2. The number of unbranched alkanes of at least 4 members (excludes halogenated alkanes) is 9. The first-order chi connectivity index (χ1) is 16.1. The van der Waals surface area contributed by atoms with Crippen LogP contribution in [0.15, 0.2) is 11.3 Å². The van der Waals surface area contributed by atoms with Gasteiger partial charge < -0.3 is 0 Å². The van der Waals surface area contributed by atoms with Gasteiger partial charge in [0.2, 0.25) is 0 Å². The SMILES string of the molecule is CC=C(C)[SiH2]CCCCCCCC[SiH2]C(N(CCCC)CCCC)N(CCCC)CCCC. The Morgan fingerprint density at radius 3 is 1.39 bits per heavy atom. The smallest absolute Gasteiger partial charge is 0.0592 e. The van der Waals surface area contributed by atoms with Gasteiger partial charge >= 0.3 is 0 Å². The molecule has 0 N–H and O–H groups in total. The maximum Gasteiger partial charge on any atom is 0.0592 e. The predicted molar refractivity (Wildman–Crippen MR) is 160 cm³/mol. The fourth-order valence-corrected chi connectivity index (χ4v) is 8.71. The van der Waals surface area contributed by atoms with Crippen LogP contribution in [-0.2, 0) is 0 Å². The van der Waals surface area contributed by atoms with Crippen molar-refractivity contribution in [3.05, 3.63) is 11.3 Å². The second kappa shape index (κ2) is 25.2. The quantitative estimate of drug-likeness (QED) is 0.0732. The van der Waals surface area contributed by atoms with E-state index >= 15 is 0 Å². The molecule has 198 valence electrons. The molecule has 0 aromatic carbocycles. The van der Waals surface area contributed by atoms with E-state index in [2.05, 4.69) is 57.4 Å². The number of hydrogen-bond donors (Lipinski definition) is 0. The normalized spacial score (nSPS) is 13.3. The monoisotopic (exact) mass is 496 g/mol. The first-order valence-electron chi connectivity index (χ1n) is 15.2. The van der Waals surface area contributed by atoms with Crippen molar-refractivity contribution in [1.82, 2.24) is 9.80 Å². The van der Waals surface area contributed by atoms with Gasteiger partial charge in [0.05, 0.1) is 9.52 Å². The van der Waals surface area contributed by atoms with Crippen molar-refractivity contribution in [3.8, 4) is 0 Å². The molecule has 2 nitrogen and oxygen atoms in total. The molecule has 0 radical (unpaired) electrons. The lowest BCUT2D eigenvalue weighted by molar-refractivity contribution is 0.0899. The minimum Gasteiger partial charge on any atom is -0.291 e. The highest BCUT2D eigenvalue weighted by Gasteiger charge is 2.24. The Balaban J connectivity index is 4.61. The molecule has 0 amide bonds. The fraction of sp³-hybridized carbons (Fsp3) is 0.931. The first kappa shape index (κ1) is 33.1. The van der Waals surface area contributed by atoms with Crippen molar-refractivity contribution in [1.29, 1.82) is 0 Å². The lowest BCUT2D eigenvalue weighted by Gasteiger charge is -2.40. The second-order valence-corrected chi connectivity index (χ2v) is 14.8. The molecule has 0 aliphatic rings. The minimum atomic E-state index is -0.0898. The molecule has 0 rings (SSSR count). The van der Waals surface area contributed by atoms with Crippen LogP contribution in [0.2, 0.25) is 12.1 Å². The fourth-order valence-electron chi connectivity index (χ4n) is 4.80. The molecule has 0 aliphatic heterocycles. The van der Waals surface area contributed by atoms with Crippen molar-refractivity contribution in [2.75, 3.05) is 26.2 Å². The largest absolute Gasteiger partial charge is 0.291 e. The summed E-state index contributed by atoms with van der Waals surface area (Å²) in [6, 6.07) is 3.09. The lowest BCUT2D eigenvalue weighted by atomic mass is 10.1. The molecule has 0 unspecified atom stereocenters. The molecule has 0 heterocycles. The van der Waals surface area contributed by atoms with Gasteiger partial charge in [-0.1, -0.05) is 115 Å². The van der Waals surface area contributed by atoms with Crippen LogP contribution < -0.4 is 0 Å². The maximum absolute atomic E-state index is 2.95. The van der Waals surface area contributed by atoms with E-state index in [0.717, 1.165) is 5.79 Å². The average molecular weight is 497 g/mol. The van der Waals surface area contributed by atoms with E-state index in [4.69, 9.17) is 0 Å². The third-order valence-electron chi connectivity index (χ3n) is 7.31. The Labute approximate surface area is 215 Å². The molecule has 0 aromatic heterocycles. The van der Waals surface area contributed by atoms with E-state index in [1.165, 1.54) is 122 Å². The van der Waals surface area contributed by atoms with Gasteiger partial charge in [0.25, 0.3) is 0 Å². The second-order valence-electron chi connectivity index (χ2n) is 10.5. The predicted octanol–water partition coefficient (Wildman–Crippen LogP) is 7.51. The van der Waals surface area contributed by atoms with Gasteiger partial charge in [0.15, 0.2) is 0 Å². The van der Waals surface area contributed by atoms with Gasteiger partial charge in [0, 0.05) is 15.3 Å². The van der Waals surface area contributed by atoms with Gasteiger partial charge in [-0.25, -0.2) is 0 Å². The van der Waals surface area contributed by atoms with Crippen LogP contribution in [0.4, 0.5) is 0 Å². The molecule has 0 spiro atoms. The highest BCUT2D eigenvalue weighted by molar-refractivity contribution is 6.44. The Morgan fingerprint density at radius 1 is 0.606 bits per heavy atom. The summed E-state index contributed by atoms with van der Waals surface area (Å²) in [7, 11) is 0.00498. The molecule has 0 fully saturated rings. The van der Waals surface area contributed by atoms with Crippen LogP contribution in [0.3, 0.4) is 0 Å². The lowest BCUT2D eigenvalue weighted by Crippen LogP contribution is -2.53. The Hall–Kier alpha value is 0.0938. The molecule has 0 saturated carbocycles. The zero-order valence-corrected chi connectivity index (χ0v) is 26.9. The highest BCUT2D eigenvalue weighted by Crippen LogP contribution is 2.16. The number of nitrogens with zero attached hydrogens (tertiary/aromatic N) is 2. The topological polar surface area (TPSA) is 6.48 Å². The molecular formula is C29H64N2Si2. The molecule has 33 heavy (non-hydrogen) atoms. The molecule has 0 aromatic rings. The van der Waals surface area contributed by atoms with E-state index in [9.17, 15) is 0 Å². The molecular weight excluding hydrogens is 433 g/mol. The van der Waals surface area contributed by atoms with E-state index in [1.807, 2.05) is 0 Å². The first-order valence-corrected chi connectivity index (χ1v) is 18.8. The van der Waals surface area contributed by atoms with Gasteiger partial charge in [-0.3, -0.25) is 9.80 Å². The summed E-state index contributed by atoms with van der Waals surface area (Å²) in [4.78, 5) is 5.89. The van der Waals surface area contributed by atoms with E-state index in [0.29, 0.717) is 0 Å². The summed E-state index contributed by atoms with van der Waals surface area (Å²) < 4.78 is 0. The maximum atomic E-state index is 2.95. The Morgan fingerprint density at radius 2 is 1.00 bits per heavy atom. The van der Waals surface area contributed by atoms with Crippen molar-refractivity contribution >= 4 is 19.0 Å². The van der Waals surface area contributed by atoms with Crippen LogP contribution in [0.1, 0.15) is 131 Å². The summed E-state index contributed by atoms with van der Waals surface area (Å²) in [5.41, 5.74) is 0. The van der Waals surface area contributed by atoms with E-state index in [1.54, 1.807) is 11.2 Å². The van der Waals surface area contributed by atoms with Gasteiger partial charge in [0.1, 0.15) is 0 Å². The van der Waals surface area contributed by atoms with Crippen LogP contribution >= 0.6 is 0 Å². The van der Waals surface area contributed by atoms with Gasteiger partial charge in [-0.2, -0.15) is 0 Å². The molecule has 0 bridgehead atoms. The van der Waals surface area contributed by atoms with Crippen LogP contribution in [-0.4, -0.2) is 60.8 Å². The van der Waals surface area contributed by atoms with E-state index in [-0.39, 0.29) is 19.0 Å². The van der Waals surface area contributed by atoms with Gasteiger partial charge in [-0.15, -0.1) is 0 Å². The molecule has 0 aliphatic carbocycles. The third-order valence-corrected chi connectivity index (χ3v) is 11.8. The minimum absolute atomic E-state index is 0.0898.